The lowest BCUT2D eigenvalue weighted by Crippen LogP contribution is -2.32. The van der Waals surface area contributed by atoms with Crippen molar-refractivity contribution in [2.75, 3.05) is 5.88 Å². The smallest absolute Gasteiger partial charge is 0.0453 e. The molecule has 2 unspecified atom stereocenters. The second-order valence-corrected chi connectivity index (χ2v) is 5.64. The fraction of sp³-hybridized carbons (Fsp3) is 0.571. The van der Waals surface area contributed by atoms with Gasteiger partial charge in [-0.25, -0.2) is 0 Å². The fourth-order valence-corrected chi connectivity index (χ4v) is 3.20. The molecule has 2 rings (SSSR count). The largest absolute Gasteiger partial charge is 0.310 e. The van der Waals surface area contributed by atoms with Crippen LogP contribution < -0.4 is 5.32 Å². The van der Waals surface area contributed by atoms with Crippen molar-refractivity contribution in [3.05, 3.63) is 34.3 Å². The summed E-state index contributed by atoms with van der Waals surface area (Å²) in [4.78, 5) is 0. The van der Waals surface area contributed by atoms with E-state index in [0.29, 0.717) is 12.0 Å². The van der Waals surface area contributed by atoms with Gasteiger partial charge < -0.3 is 5.32 Å². The maximum Gasteiger partial charge on any atom is 0.0453 e. The topological polar surface area (TPSA) is 12.0 Å². The number of halogens is 2. The Kier molecular flexibility index (Phi) is 4.72. The van der Waals surface area contributed by atoms with E-state index in [9.17, 15) is 0 Å². The predicted molar refractivity (Wildman–Crippen MR) is 74.9 cm³/mol. The highest BCUT2D eigenvalue weighted by Crippen LogP contribution is 2.27. The van der Waals surface area contributed by atoms with Gasteiger partial charge in [-0.05, 0) is 42.9 Å². The van der Waals surface area contributed by atoms with E-state index < -0.39 is 0 Å². The molecule has 0 spiro atoms. The van der Waals surface area contributed by atoms with Gasteiger partial charge in [0.25, 0.3) is 0 Å². The molecule has 1 fully saturated rings. The first-order chi connectivity index (χ1) is 8.20. The van der Waals surface area contributed by atoms with Crippen LogP contribution in [0, 0.1) is 12.8 Å². The van der Waals surface area contributed by atoms with Crippen LogP contribution in [0.4, 0.5) is 0 Å². The minimum absolute atomic E-state index is 0.560. The van der Waals surface area contributed by atoms with E-state index in [4.69, 9.17) is 23.2 Å². The summed E-state index contributed by atoms with van der Waals surface area (Å²) >= 11 is 12.2. The number of nitrogens with one attached hydrogen (secondary N) is 1. The van der Waals surface area contributed by atoms with Crippen LogP contribution in [0.2, 0.25) is 5.02 Å². The van der Waals surface area contributed by atoms with Crippen molar-refractivity contribution < 1.29 is 0 Å². The summed E-state index contributed by atoms with van der Waals surface area (Å²) in [6.07, 6.45) is 3.78. The summed E-state index contributed by atoms with van der Waals surface area (Å²) < 4.78 is 0. The van der Waals surface area contributed by atoms with Crippen molar-refractivity contribution in [3.63, 3.8) is 0 Å². The lowest BCUT2D eigenvalue weighted by Gasteiger charge is -2.19. The molecule has 0 heterocycles. The number of rotatable bonds is 4. The van der Waals surface area contributed by atoms with Gasteiger partial charge in [-0.2, -0.15) is 0 Å². The Bertz CT molecular complexity index is 378. The van der Waals surface area contributed by atoms with Gasteiger partial charge in [-0.1, -0.05) is 30.2 Å². The normalized spacial score (nSPS) is 24.2. The van der Waals surface area contributed by atoms with E-state index >= 15 is 0 Å². The fourth-order valence-electron chi connectivity index (χ4n) is 2.53. The number of hydrogen-bond acceptors (Lipinski definition) is 1. The van der Waals surface area contributed by atoms with E-state index in [0.717, 1.165) is 17.4 Å². The third-order valence-corrected chi connectivity index (χ3v) is 4.37. The average Bonchev–Trinajstić information content (AvgIpc) is 2.75. The molecule has 1 nitrogen and oxygen atoms in total. The van der Waals surface area contributed by atoms with Gasteiger partial charge in [0.05, 0.1) is 0 Å². The number of benzene rings is 1. The molecule has 17 heavy (non-hydrogen) atoms. The van der Waals surface area contributed by atoms with Gasteiger partial charge in [0.1, 0.15) is 0 Å². The minimum atomic E-state index is 0.560. The highest BCUT2D eigenvalue weighted by atomic mass is 35.5. The van der Waals surface area contributed by atoms with Crippen molar-refractivity contribution in [2.45, 2.75) is 38.8 Å². The minimum Gasteiger partial charge on any atom is -0.310 e. The zero-order valence-corrected chi connectivity index (χ0v) is 11.7. The lowest BCUT2D eigenvalue weighted by atomic mass is 10.1. The third kappa shape index (κ3) is 3.37. The molecule has 3 heteroatoms. The SMILES string of the molecule is Cc1ccc(CNC2CCCC2CCl)c(Cl)c1. The Labute approximate surface area is 114 Å². The standard InChI is InChI=1S/C14H19Cl2N/c1-10-5-6-12(13(16)7-10)9-17-14-4-2-3-11(14)8-15/h5-7,11,14,17H,2-4,8-9H2,1H3. The summed E-state index contributed by atoms with van der Waals surface area (Å²) in [6.45, 7) is 2.90. The van der Waals surface area contributed by atoms with E-state index in [2.05, 4.69) is 24.4 Å². The van der Waals surface area contributed by atoms with Crippen molar-refractivity contribution in [1.82, 2.24) is 5.32 Å². The molecule has 1 N–H and O–H groups in total. The van der Waals surface area contributed by atoms with Crippen LogP contribution >= 0.6 is 23.2 Å². The Morgan fingerprint density at radius 3 is 2.88 bits per heavy atom. The first-order valence-electron chi connectivity index (χ1n) is 6.25. The molecule has 0 radical (unpaired) electrons. The second-order valence-electron chi connectivity index (χ2n) is 4.93. The van der Waals surface area contributed by atoms with Crippen LogP contribution in [0.25, 0.3) is 0 Å². The monoisotopic (exact) mass is 271 g/mol. The third-order valence-electron chi connectivity index (χ3n) is 3.62. The maximum absolute atomic E-state index is 6.22. The van der Waals surface area contributed by atoms with Crippen LogP contribution in [0.15, 0.2) is 18.2 Å². The van der Waals surface area contributed by atoms with Gasteiger partial charge in [0, 0.05) is 23.5 Å². The molecule has 0 amide bonds. The Hall–Kier alpha value is -0.240. The number of hydrogen-bond donors (Lipinski definition) is 1. The summed E-state index contributed by atoms with van der Waals surface area (Å²) in [5.74, 6) is 1.39. The van der Waals surface area contributed by atoms with Crippen molar-refractivity contribution in [3.8, 4) is 0 Å². The van der Waals surface area contributed by atoms with Gasteiger partial charge in [-0.15, -0.1) is 11.6 Å². The molecule has 2 atom stereocenters. The van der Waals surface area contributed by atoms with Crippen molar-refractivity contribution >= 4 is 23.2 Å². The molecule has 0 bridgehead atoms. The summed E-state index contributed by atoms with van der Waals surface area (Å²) in [6, 6.07) is 6.79. The molecule has 0 aliphatic heterocycles. The van der Waals surface area contributed by atoms with Crippen LogP contribution in [-0.4, -0.2) is 11.9 Å². The lowest BCUT2D eigenvalue weighted by molar-refractivity contribution is 0.430. The van der Waals surface area contributed by atoms with Gasteiger partial charge in [0.2, 0.25) is 0 Å². The Morgan fingerprint density at radius 1 is 1.35 bits per heavy atom. The molecule has 94 valence electrons. The maximum atomic E-state index is 6.22. The van der Waals surface area contributed by atoms with Crippen LogP contribution in [0.1, 0.15) is 30.4 Å². The van der Waals surface area contributed by atoms with Crippen LogP contribution in [0.5, 0.6) is 0 Å². The Balaban J connectivity index is 1.93. The van der Waals surface area contributed by atoms with Gasteiger partial charge in [0.15, 0.2) is 0 Å². The molecule has 1 aromatic carbocycles. The van der Waals surface area contributed by atoms with Crippen molar-refractivity contribution in [2.24, 2.45) is 5.92 Å². The Morgan fingerprint density at radius 2 is 2.18 bits per heavy atom. The molecule has 1 aliphatic rings. The predicted octanol–water partition coefficient (Wildman–Crippen LogP) is 4.15. The molecular formula is C14H19Cl2N. The molecule has 1 aromatic rings. The second kappa shape index (κ2) is 6.08. The quantitative estimate of drug-likeness (QED) is 0.812. The van der Waals surface area contributed by atoms with E-state index in [-0.39, 0.29) is 0 Å². The van der Waals surface area contributed by atoms with Gasteiger partial charge >= 0.3 is 0 Å². The van der Waals surface area contributed by atoms with Gasteiger partial charge in [-0.3, -0.25) is 0 Å². The van der Waals surface area contributed by atoms with E-state index in [1.807, 2.05) is 6.07 Å². The first kappa shape index (κ1) is 13.2. The van der Waals surface area contributed by atoms with Crippen molar-refractivity contribution in [1.29, 1.82) is 0 Å². The highest BCUT2D eigenvalue weighted by Gasteiger charge is 2.25. The zero-order chi connectivity index (χ0) is 12.3. The van der Waals surface area contributed by atoms with Crippen LogP contribution in [0.3, 0.4) is 0 Å². The molecular weight excluding hydrogens is 253 g/mol. The summed E-state index contributed by atoms with van der Waals surface area (Å²) in [5, 5.41) is 4.45. The summed E-state index contributed by atoms with van der Waals surface area (Å²) in [5.41, 5.74) is 2.38. The molecule has 1 aliphatic carbocycles. The molecule has 1 saturated carbocycles. The summed E-state index contributed by atoms with van der Waals surface area (Å²) in [7, 11) is 0. The highest BCUT2D eigenvalue weighted by molar-refractivity contribution is 6.31. The van der Waals surface area contributed by atoms with E-state index in [1.165, 1.54) is 30.4 Å². The molecule has 0 saturated heterocycles. The molecule has 0 aromatic heterocycles. The van der Waals surface area contributed by atoms with Crippen LogP contribution in [-0.2, 0) is 6.54 Å². The number of alkyl halides is 1. The number of aryl methyl sites for hydroxylation is 1. The first-order valence-corrected chi connectivity index (χ1v) is 7.16. The average molecular weight is 272 g/mol. The van der Waals surface area contributed by atoms with E-state index in [1.54, 1.807) is 0 Å². The zero-order valence-electron chi connectivity index (χ0n) is 10.2.